The Morgan fingerprint density at radius 1 is 1.08 bits per heavy atom. The number of hydrogen-bond acceptors (Lipinski definition) is 4. The first-order valence-corrected chi connectivity index (χ1v) is 12.9. The number of alkyl halides is 3. The maximum Gasteiger partial charge on any atom is 0.419 e. The number of carbonyl (C=O) groups excluding carboxylic acids is 1. The first kappa shape index (κ1) is 24.7. The molecule has 2 aromatic rings. The quantitative estimate of drug-likeness (QED) is 0.533. The van der Waals surface area contributed by atoms with Gasteiger partial charge in [0, 0.05) is 41.9 Å². The highest BCUT2D eigenvalue weighted by Gasteiger charge is 2.43. The molecule has 0 aromatic heterocycles. The number of thioether (sulfide) groups is 1. The fraction of sp³-hybridized carbons (Fsp3) is 0.385. The highest BCUT2D eigenvalue weighted by molar-refractivity contribution is 7.99. The highest BCUT2D eigenvalue weighted by atomic mass is 32.2. The molecule has 2 N–H and O–H groups in total. The molecule has 5 rings (SSSR count). The van der Waals surface area contributed by atoms with Crippen molar-refractivity contribution in [2.45, 2.75) is 25.1 Å². The number of carboxylic acid groups (broad SMARTS) is 1. The van der Waals surface area contributed by atoms with E-state index in [1.54, 1.807) is 28.8 Å². The zero-order chi connectivity index (χ0) is 25.6. The van der Waals surface area contributed by atoms with Crippen LogP contribution in [0.1, 0.15) is 24.0 Å². The Kier molecular flexibility index (Phi) is 6.48. The van der Waals surface area contributed by atoms with Crippen LogP contribution in [-0.4, -0.2) is 52.5 Å². The van der Waals surface area contributed by atoms with Crippen LogP contribution < -0.4 is 5.32 Å². The van der Waals surface area contributed by atoms with E-state index in [4.69, 9.17) is 0 Å². The van der Waals surface area contributed by atoms with Crippen molar-refractivity contribution >= 4 is 35.4 Å². The summed E-state index contributed by atoms with van der Waals surface area (Å²) in [5.41, 5.74) is 1.56. The number of carboxylic acids is 1. The smallest absolute Gasteiger partial charge is 0.419 e. The largest absolute Gasteiger partial charge is 0.481 e. The molecule has 5 nitrogen and oxygen atoms in total. The lowest BCUT2D eigenvalue weighted by Crippen LogP contribution is -2.48. The maximum absolute atomic E-state index is 14.3. The molecule has 0 spiro atoms. The van der Waals surface area contributed by atoms with Crippen molar-refractivity contribution in [1.82, 2.24) is 4.90 Å². The SMILES string of the molecule is O=C(O)C1CC2Nc3c(cccc3-c3ccc(C(F)(F)F)c(F)c3)C=C2C(C(=O)N2CCSCC2)C1. The Hall–Kier alpha value is -3.01. The van der Waals surface area contributed by atoms with Gasteiger partial charge in [0.1, 0.15) is 5.82 Å². The van der Waals surface area contributed by atoms with Crippen LogP contribution in [0.25, 0.3) is 17.2 Å². The molecule has 3 unspecified atom stereocenters. The molecule has 1 saturated carbocycles. The number of fused-ring (bicyclic) bond motifs is 2. The molecule has 10 heteroatoms. The second-order valence-corrected chi connectivity index (χ2v) is 10.5. The summed E-state index contributed by atoms with van der Waals surface area (Å²) in [5, 5.41) is 13.1. The summed E-state index contributed by atoms with van der Waals surface area (Å²) in [5.74, 6) is -1.99. The van der Waals surface area contributed by atoms with E-state index in [9.17, 15) is 32.3 Å². The van der Waals surface area contributed by atoms with Crippen LogP contribution in [0, 0.1) is 17.7 Å². The lowest BCUT2D eigenvalue weighted by molar-refractivity contribution is -0.144. The summed E-state index contributed by atoms with van der Waals surface area (Å²) in [4.78, 5) is 27.2. The zero-order valence-corrected chi connectivity index (χ0v) is 20.0. The molecular weight excluding hydrogens is 496 g/mol. The number of anilines is 1. The molecule has 0 radical (unpaired) electrons. The van der Waals surface area contributed by atoms with Gasteiger partial charge in [-0.05, 0) is 41.7 Å². The minimum absolute atomic E-state index is 0.0660. The predicted octanol–water partition coefficient (Wildman–Crippen LogP) is 5.38. The van der Waals surface area contributed by atoms with Crippen LogP contribution in [0.2, 0.25) is 0 Å². The fourth-order valence-corrected chi connectivity index (χ4v) is 6.23. The van der Waals surface area contributed by atoms with Crippen molar-refractivity contribution in [1.29, 1.82) is 0 Å². The Labute approximate surface area is 209 Å². The molecule has 2 heterocycles. The Morgan fingerprint density at radius 2 is 1.83 bits per heavy atom. The van der Waals surface area contributed by atoms with Crippen molar-refractivity contribution in [3.8, 4) is 11.1 Å². The number of carbonyl (C=O) groups is 2. The summed E-state index contributed by atoms with van der Waals surface area (Å²) in [6, 6.07) is 7.60. The fourth-order valence-electron chi connectivity index (χ4n) is 5.33. The number of amides is 1. The van der Waals surface area contributed by atoms with Crippen LogP contribution in [-0.2, 0) is 15.8 Å². The van der Waals surface area contributed by atoms with Crippen molar-refractivity contribution in [3.63, 3.8) is 0 Å². The predicted molar refractivity (Wildman–Crippen MR) is 130 cm³/mol. The number of halogens is 4. The standard InChI is InChI=1S/C26H24F4N2O3S/c27-21-12-14(4-5-20(21)26(28,29)30)17-3-1-2-15-10-18-19(24(33)32-6-8-36-9-7-32)11-16(25(34)35)13-22(18)31-23(15)17/h1-5,10,12,16,19,22,31H,6-9,11,13H2,(H,34,35). The number of para-hydroxylation sites is 1. The third kappa shape index (κ3) is 4.58. The molecule has 2 aromatic carbocycles. The Morgan fingerprint density at radius 3 is 2.50 bits per heavy atom. The van der Waals surface area contributed by atoms with Crippen molar-refractivity contribution < 1.29 is 32.3 Å². The summed E-state index contributed by atoms with van der Waals surface area (Å²) in [6.45, 7) is 1.26. The summed E-state index contributed by atoms with van der Waals surface area (Å²) in [7, 11) is 0. The summed E-state index contributed by atoms with van der Waals surface area (Å²) in [6.07, 6.45) is -2.41. The number of hydrogen-bond donors (Lipinski definition) is 2. The first-order valence-electron chi connectivity index (χ1n) is 11.7. The van der Waals surface area contributed by atoms with Gasteiger partial charge in [0.2, 0.25) is 5.91 Å². The normalized spacial score (nSPS) is 23.7. The van der Waals surface area contributed by atoms with Crippen LogP contribution in [0.5, 0.6) is 0 Å². The third-order valence-electron chi connectivity index (χ3n) is 7.14. The second kappa shape index (κ2) is 9.46. The van der Waals surface area contributed by atoms with Gasteiger partial charge in [0.25, 0.3) is 0 Å². The average Bonchev–Trinajstić information content (AvgIpc) is 2.85. The molecule has 1 aliphatic carbocycles. The van der Waals surface area contributed by atoms with Gasteiger partial charge < -0.3 is 15.3 Å². The molecule has 3 aliphatic rings. The van der Waals surface area contributed by atoms with E-state index in [0.29, 0.717) is 24.3 Å². The van der Waals surface area contributed by atoms with Crippen molar-refractivity contribution in [3.05, 3.63) is 58.9 Å². The number of rotatable bonds is 3. The minimum atomic E-state index is -4.79. The molecule has 190 valence electrons. The van der Waals surface area contributed by atoms with Gasteiger partial charge in [-0.25, -0.2) is 4.39 Å². The first-order chi connectivity index (χ1) is 17.1. The van der Waals surface area contributed by atoms with Crippen LogP contribution in [0.3, 0.4) is 0 Å². The molecule has 0 bridgehead atoms. The molecular formula is C26H24F4N2O3S. The number of nitrogens with one attached hydrogen (secondary N) is 1. The highest BCUT2D eigenvalue weighted by Crippen LogP contribution is 2.45. The number of aliphatic carboxylic acids is 1. The van der Waals surface area contributed by atoms with E-state index in [-0.39, 0.29) is 24.3 Å². The van der Waals surface area contributed by atoms with Gasteiger partial charge in [-0.1, -0.05) is 30.3 Å². The summed E-state index contributed by atoms with van der Waals surface area (Å²) < 4.78 is 53.4. The number of benzene rings is 2. The second-order valence-electron chi connectivity index (χ2n) is 9.30. The summed E-state index contributed by atoms with van der Waals surface area (Å²) >= 11 is 1.78. The van der Waals surface area contributed by atoms with Crippen LogP contribution in [0.15, 0.2) is 42.0 Å². The van der Waals surface area contributed by atoms with Gasteiger partial charge in [0.05, 0.1) is 17.4 Å². The van der Waals surface area contributed by atoms with Crippen LogP contribution in [0.4, 0.5) is 23.2 Å². The lowest BCUT2D eigenvalue weighted by atomic mass is 9.72. The van der Waals surface area contributed by atoms with E-state index in [0.717, 1.165) is 34.8 Å². The molecule has 3 atom stereocenters. The van der Waals surface area contributed by atoms with Crippen molar-refractivity contribution in [2.75, 3.05) is 29.9 Å². The zero-order valence-electron chi connectivity index (χ0n) is 19.1. The average molecular weight is 521 g/mol. The monoisotopic (exact) mass is 520 g/mol. The topological polar surface area (TPSA) is 69.6 Å². The molecule has 2 aliphatic heterocycles. The molecule has 1 saturated heterocycles. The van der Waals surface area contributed by atoms with E-state index in [1.807, 2.05) is 12.1 Å². The van der Waals surface area contributed by atoms with Gasteiger partial charge >= 0.3 is 12.1 Å². The molecule has 1 amide bonds. The van der Waals surface area contributed by atoms with Gasteiger partial charge in [-0.15, -0.1) is 0 Å². The Balaban J connectivity index is 1.54. The van der Waals surface area contributed by atoms with E-state index in [2.05, 4.69) is 5.32 Å². The van der Waals surface area contributed by atoms with Gasteiger partial charge in [-0.2, -0.15) is 24.9 Å². The molecule has 36 heavy (non-hydrogen) atoms. The Bertz CT molecular complexity index is 1240. The van der Waals surface area contributed by atoms with E-state index >= 15 is 0 Å². The third-order valence-corrected chi connectivity index (χ3v) is 8.08. The van der Waals surface area contributed by atoms with Crippen molar-refractivity contribution in [2.24, 2.45) is 11.8 Å². The van der Waals surface area contributed by atoms with E-state index in [1.165, 1.54) is 6.07 Å². The minimum Gasteiger partial charge on any atom is -0.481 e. The maximum atomic E-state index is 14.3. The lowest BCUT2D eigenvalue weighted by Gasteiger charge is -2.41. The van der Waals surface area contributed by atoms with E-state index < -0.39 is 41.4 Å². The van der Waals surface area contributed by atoms with Gasteiger partial charge in [0.15, 0.2) is 0 Å². The number of nitrogens with zero attached hydrogens (tertiary/aromatic N) is 1. The molecule has 2 fully saturated rings. The van der Waals surface area contributed by atoms with Gasteiger partial charge in [-0.3, -0.25) is 9.59 Å². The van der Waals surface area contributed by atoms with Crippen LogP contribution >= 0.6 is 11.8 Å².